The minimum atomic E-state index is -2.31. The number of nitrogens with zero attached hydrogens (tertiary/aromatic N) is 1. The van der Waals surface area contributed by atoms with Crippen molar-refractivity contribution in [2.75, 3.05) is 11.4 Å². The lowest BCUT2D eigenvalue weighted by atomic mass is 10.5. The third-order valence-electron chi connectivity index (χ3n) is 1.20. The molecule has 0 saturated heterocycles. The summed E-state index contributed by atoms with van der Waals surface area (Å²) in [5, 5.41) is 0. The molecule has 1 atom stereocenters. The molecule has 0 aliphatic rings. The molecule has 0 saturated carbocycles. The molecular weight excluding hydrogens is 241 g/mol. The lowest BCUT2D eigenvalue weighted by Gasteiger charge is -2.19. The second kappa shape index (κ2) is 3.93. The third kappa shape index (κ3) is 2.11. The van der Waals surface area contributed by atoms with E-state index in [1.165, 1.54) is 13.1 Å². The molecule has 0 aliphatic heterocycles. The summed E-state index contributed by atoms with van der Waals surface area (Å²) in [6.07, 6.45) is 0. The summed E-state index contributed by atoms with van der Waals surface area (Å²) in [5.74, 6) is 0. The molecule has 0 aromatic carbocycles. The van der Waals surface area contributed by atoms with Crippen LogP contribution in [0.2, 0.25) is 8.67 Å². The standard InChI is InChI=1S/C5H5Cl2NO2S2/c1-8(12(9)10)3-2-4(6)11-5(3)7/h2H,1H3,(H,9,10)/p-1. The third-order valence-corrected chi connectivity index (χ3v) is 3.31. The fraction of sp³-hybridized carbons (Fsp3) is 0.200. The van der Waals surface area contributed by atoms with Gasteiger partial charge in [-0.3, -0.25) is 4.21 Å². The predicted octanol–water partition coefficient (Wildman–Crippen LogP) is 2.29. The lowest BCUT2D eigenvalue weighted by Crippen LogP contribution is -2.18. The second-order valence-electron chi connectivity index (χ2n) is 1.92. The summed E-state index contributed by atoms with van der Waals surface area (Å²) in [5.41, 5.74) is 0.403. The molecule has 1 unspecified atom stereocenters. The van der Waals surface area contributed by atoms with Gasteiger partial charge in [-0.15, -0.1) is 11.3 Å². The highest BCUT2D eigenvalue weighted by molar-refractivity contribution is 7.80. The van der Waals surface area contributed by atoms with E-state index in [-0.39, 0.29) is 0 Å². The van der Waals surface area contributed by atoms with Gasteiger partial charge in [-0.1, -0.05) is 23.2 Å². The van der Waals surface area contributed by atoms with E-state index in [9.17, 15) is 8.76 Å². The molecule has 3 nitrogen and oxygen atoms in total. The van der Waals surface area contributed by atoms with Crippen molar-refractivity contribution >= 4 is 51.5 Å². The molecule has 0 fully saturated rings. The van der Waals surface area contributed by atoms with E-state index in [0.717, 1.165) is 15.6 Å². The predicted molar refractivity (Wildman–Crippen MR) is 51.7 cm³/mol. The van der Waals surface area contributed by atoms with Crippen molar-refractivity contribution in [1.29, 1.82) is 0 Å². The van der Waals surface area contributed by atoms with Crippen LogP contribution in [0.1, 0.15) is 0 Å². The Morgan fingerprint density at radius 1 is 1.67 bits per heavy atom. The van der Waals surface area contributed by atoms with Gasteiger partial charge in [-0.05, 0) is 6.07 Å². The molecule has 1 aromatic rings. The Hall–Kier alpha value is 0.190. The van der Waals surface area contributed by atoms with Crippen LogP contribution >= 0.6 is 34.5 Å². The Labute approximate surface area is 86.3 Å². The maximum atomic E-state index is 10.5. The van der Waals surface area contributed by atoms with Crippen LogP contribution in [0.25, 0.3) is 0 Å². The van der Waals surface area contributed by atoms with E-state index in [1.54, 1.807) is 0 Å². The van der Waals surface area contributed by atoms with Gasteiger partial charge in [0.05, 0.1) is 10.0 Å². The van der Waals surface area contributed by atoms with Gasteiger partial charge < -0.3 is 8.86 Å². The first-order valence-corrected chi connectivity index (χ1v) is 5.40. The van der Waals surface area contributed by atoms with Gasteiger partial charge in [-0.25, -0.2) is 0 Å². The lowest BCUT2D eigenvalue weighted by molar-refractivity contribution is 0.535. The van der Waals surface area contributed by atoms with E-state index in [0.29, 0.717) is 14.4 Å². The first kappa shape index (κ1) is 10.3. The number of thiophene rings is 1. The Morgan fingerprint density at radius 2 is 2.25 bits per heavy atom. The molecule has 0 N–H and O–H groups in total. The number of halogens is 2. The molecule has 12 heavy (non-hydrogen) atoms. The monoisotopic (exact) mass is 244 g/mol. The Morgan fingerprint density at radius 3 is 2.58 bits per heavy atom. The van der Waals surface area contributed by atoms with Crippen molar-refractivity contribution in [2.45, 2.75) is 0 Å². The van der Waals surface area contributed by atoms with Crippen molar-refractivity contribution in [3.8, 4) is 0 Å². The molecule has 0 spiro atoms. The largest absolute Gasteiger partial charge is 0.755 e. The van der Waals surface area contributed by atoms with E-state index < -0.39 is 11.3 Å². The molecule has 0 bridgehead atoms. The van der Waals surface area contributed by atoms with Gasteiger partial charge in [-0.2, -0.15) is 0 Å². The molecule has 0 amide bonds. The normalized spacial score (nSPS) is 13.0. The van der Waals surface area contributed by atoms with Crippen LogP contribution < -0.4 is 4.31 Å². The SMILES string of the molecule is CN(c1cc(Cl)sc1Cl)S(=O)[O-]. The maximum absolute atomic E-state index is 10.5. The Balaban J connectivity index is 3.02. The van der Waals surface area contributed by atoms with Crippen molar-refractivity contribution in [1.82, 2.24) is 0 Å². The number of anilines is 1. The number of rotatable bonds is 2. The van der Waals surface area contributed by atoms with Gasteiger partial charge >= 0.3 is 0 Å². The number of hydrogen-bond acceptors (Lipinski definition) is 3. The Bertz CT molecular complexity index is 314. The molecule has 0 radical (unpaired) electrons. The van der Waals surface area contributed by atoms with Crippen LogP contribution in [-0.4, -0.2) is 15.8 Å². The average Bonchev–Trinajstić information content (AvgIpc) is 2.28. The molecule has 68 valence electrons. The van der Waals surface area contributed by atoms with Crippen molar-refractivity contribution in [3.05, 3.63) is 14.7 Å². The van der Waals surface area contributed by atoms with Crippen LogP contribution in [0, 0.1) is 0 Å². The highest BCUT2D eigenvalue weighted by Gasteiger charge is 2.10. The average molecular weight is 245 g/mol. The smallest absolute Gasteiger partial charge is 0.119 e. The first-order chi connectivity index (χ1) is 5.52. The van der Waals surface area contributed by atoms with Crippen molar-refractivity contribution in [3.63, 3.8) is 0 Å². The molecule has 0 aliphatic carbocycles. The van der Waals surface area contributed by atoms with E-state index >= 15 is 0 Å². The van der Waals surface area contributed by atoms with Gasteiger partial charge in [0, 0.05) is 18.3 Å². The van der Waals surface area contributed by atoms with Crippen LogP contribution in [0.15, 0.2) is 6.07 Å². The summed E-state index contributed by atoms with van der Waals surface area (Å²) >= 11 is 10.1. The number of hydrogen-bond donors (Lipinski definition) is 0. The zero-order valence-corrected chi connectivity index (χ0v) is 9.06. The van der Waals surface area contributed by atoms with Crippen molar-refractivity contribution in [2.24, 2.45) is 0 Å². The molecule has 1 heterocycles. The maximum Gasteiger partial charge on any atom is 0.119 e. The van der Waals surface area contributed by atoms with Gasteiger partial charge in [0.15, 0.2) is 0 Å². The minimum absolute atomic E-state index is 0.367. The van der Waals surface area contributed by atoms with Crippen molar-refractivity contribution < 1.29 is 8.76 Å². The van der Waals surface area contributed by atoms with Crippen LogP contribution in [0.3, 0.4) is 0 Å². The molecular formula is C5H4Cl2NO2S2-. The highest BCUT2D eigenvalue weighted by atomic mass is 35.5. The fourth-order valence-electron chi connectivity index (χ4n) is 0.627. The summed E-state index contributed by atoms with van der Waals surface area (Å²) in [6, 6.07) is 1.50. The van der Waals surface area contributed by atoms with Gasteiger partial charge in [0.2, 0.25) is 0 Å². The van der Waals surface area contributed by atoms with Crippen LogP contribution in [0.5, 0.6) is 0 Å². The topological polar surface area (TPSA) is 43.4 Å². The minimum Gasteiger partial charge on any atom is -0.755 e. The molecule has 1 rings (SSSR count). The van der Waals surface area contributed by atoms with Crippen LogP contribution in [0.4, 0.5) is 5.69 Å². The van der Waals surface area contributed by atoms with E-state index in [4.69, 9.17) is 23.2 Å². The highest BCUT2D eigenvalue weighted by Crippen LogP contribution is 2.37. The first-order valence-electron chi connectivity index (χ1n) is 2.80. The summed E-state index contributed by atoms with van der Waals surface area (Å²) < 4.78 is 22.8. The second-order valence-corrected chi connectivity index (χ2v) is 5.19. The summed E-state index contributed by atoms with van der Waals surface area (Å²) in [6.45, 7) is 0. The van der Waals surface area contributed by atoms with Crippen LogP contribution in [-0.2, 0) is 11.3 Å². The van der Waals surface area contributed by atoms with Gasteiger partial charge in [0.1, 0.15) is 4.34 Å². The van der Waals surface area contributed by atoms with E-state index in [1.807, 2.05) is 0 Å². The Kier molecular flexibility index (Phi) is 3.37. The molecule has 1 aromatic heterocycles. The summed E-state index contributed by atoms with van der Waals surface area (Å²) in [4.78, 5) is 0. The molecule has 7 heteroatoms. The van der Waals surface area contributed by atoms with E-state index in [2.05, 4.69) is 0 Å². The van der Waals surface area contributed by atoms with Gasteiger partial charge in [0.25, 0.3) is 0 Å². The zero-order valence-electron chi connectivity index (χ0n) is 5.91. The quantitative estimate of drug-likeness (QED) is 0.750. The zero-order chi connectivity index (χ0) is 9.30. The summed E-state index contributed by atoms with van der Waals surface area (Å²) in [7, 11) is 1.40. The fourth-order valence-corrected chi connectivity index (χ4v) is 2.57.